The first-order valence-electron chi connectivity index (χ1n) is 5.84. The van der Waals surface area contributed by atoms with Gasteiger partial charge in [0, 0.05) is 32.3 Å². The van der Waals surface area contributed by atoms with Crippen molar-refractivity contribution in [1.82, 2.24) is 10.6 Å². The molecule has 0 heterocycles. The Morgan fingerprint density at radius 3 is 2.00 bits per heavy atom. The predicted molar refractivity (Wildman–Crippen MR) is 63.1 cm³/mol. The minimum Gasteiger partial charge on any atom is -0.395 e. The monoisotopic (exact) mass is 218 g/mol. The van der Waals surface area contributed by atoms with Crippen LogP contribution in [0.25, 0.3) is 0 Å². The fourth-order valence-corrected chi connectivity index (χ4v) is 1.41. The van der Waals surface area contributed by atoms with Crippen molar-refractivity contribution in [1.29, 1.82) is 0 Å². The quantitative estimate of drug-likeness (QED) is 0.464. The van der Waals surface area contributed by atoms with E-state index in [9.17, 15) is 0 Å². The SMILES string of the molecule is CCC(CO)NCCNC(CC)COC. The number of hydrogen-bond acceptors (Lipinski definition) is 4. The van der Waals surface area contributed by atoms with Crippen LogP contribution in [0.1, 0.15) is 26.7 Å². The number of nitrogens with one attached hydrogen (secondary N) is 2. The Morgan fingerprint density at radius 2 is 1.60 bits per heavy atom. The summed E-state index contributed by atoms with van der Waals surface area (Å²) in [6, 6.07) is 0.667. The third kappa shape index (κ3) is 7.73. The van der Waals surface area contributed by atoms with Gasteiger partial charge in [0.25, 0.3) is 0 Å². The van der Waals surface area contributed by atoms with Crippen molar-refractivity contribution in [3.8, 4) is 0 Å². The molecule has 0 saturated carbocycles. The molecular formula is C11H26N2O2. The lowest BCUT2D eigenvalue weighted by molar-refractivity contribution is 0.164. The van der Waals surface area contributed by atoms with Crippen LogP contribution >= 0.6 is 0 Å². The van der Waals surface area contributed by atoms with E-state index in [1.165, 1.54) is 0 Å². The molecule has 0 fully saturated rings. The van der Waals surface area contributed by atoms with Gasteiger partial charge in [-0.15, -0.1) is 0 Å². The number of rotatable bonds is 10. The summed E-state index contributed by atoms with van der Waals surface area (Å²) in [5, 5.41) is 15.7. The molecule has 0 aliphatic rings. The van der Waals surface area contributed by atoms with Crippen molar-refractivity contribution in [2.45, 2.75) is 38.8 Å². The van der Waals surface area contributed by atoms with E-state index < -0.39 is 0 Å². The minimum absolute atomic E-state index is 0.214. The van der Waals surface area contributed by atoms with Crippen LogP contribution in [0.15, 0.2) is 0 Å². The lowest BCUT2D eigenvalue weighted by atomic mass is 10.2. The summed E-state index contributed by atoms with van der Waals surface area (Å²) in [7, 11) is 1.72. The van der Waals surface area contributed by atoms with Gasteiger partial charge in [0.05, 0.1) is 13.2 Å². The first-order chi connectivity index (χ1) is 7.28. The summed E-state index contributed by atoms with van der Waals surface area (Å²) in [4.78, 5) is 0. The van der Waals surface area contributed by atoms with Gasteiger partial charge >= 0.3 is 0 Å². The van der Waals surface area contributed by atoms with Crippen molar-refractivity contribution in [3.05, 3.63) is 0 Å². The summed E-state index contributed by atoms with van der Waals surface area (Å²) in [6.45, 7) is 6.99. The zero-order chi connectivity index (χ0) is 11.5. The smallest absolute Gasteiger partial charge is 0.0615 e. The van der Waals surface area contributed by atoms with E-state index in [0.29, 0.717) is 6.04 Å². The van der Waals surface area contributed by atoms with Crippen LogP contribution in [0.5, 0.6) is 0 Å². The highest BCUT2D eigenvalue weighted by Crippen LogP contribution is 1.91. The fraction of sp³-hybridized carbons (Fsp3) is 1.00. The Balaban J connectivity index is 3.42. The molecular weight excluding hydrogens is 192 g/mol. The molecule has 3 N–H and O–H groups in total. The second-order valence-corrected chi connectivity index (χ2v) is 3.76. The van der Waals surface area contributed by atoms with Crippen LogP contribution in [-0.2, 0) is 4.74 Å². The Hall–Kier alpha value is -0.160. The molecule has 0 saturated heterocycles. The van der Waals surface area contributed by atoms with Crippen molar-refractivity contribution in [3.63, 3.8) is 0 Å². The first-order valence-corrected chi connectivity index (χ1v) is 5.84. The number of aliphatic hydroxyl groups is 1. The number of methoxy groups -OCH3 is 1. The molecule has 0 aromatic rings. The third-order valence-corrected chi connectivity index (χ3v) is 2.56. The van der Waals surface area contributed by atoms with Gasteiger partial charge in [-0.25, -0.2) is 0 Å². The topological polar surface area (TPSA) is 53.5 Å². The zero-order valence-electron chi connectivity index (χ0n) is 10.3. The van der Waals surface area contributed by atoms with E-state index in [1.807, 2.05) is 0 Å². The van der Waals surface area contributed by atoms with Gasteiger partial charge in [0.1, 0.15) is 0 Å². The zero-order valence-corrected chi connectivity index (χ0v) is 10.3. The van der Waals surface area contributed by atoms with Crippen LogP contribution < -0.4 is 10.6 Å². The summed E-state index contributed by atoms with van der Waals surface area (Å²) in [5.41, 5.74) is 0. The molecule has 0 aromatic heterocycles. The van der Waals surface area contributed by atoms with E-state index in [4.69, 9.17) is 9.84 Å². The number of hydrogen-bond donors (Lipinski definition) is 3. The van der Waals surface area contributed by atoms with Crippen LogP contribution in [0.2, 0.25) is 0 Å². The van der Waals surface area contributed by atoms with Crippen LogP contribution in [0, 0.1) is 0 Å². The van der Waals surface area contributed by atoms with Crippen molar-refractivity contribution >= 4 is 0 Å². The van der Waals surface area contributed by atoms with Gasteiger partial charge < -0.3 is 20.5 Å². The van der Waals surface area contributed by atoms with Crippen molar-refractivity contribution < 1.29 is 9.84 Å². The van der Waals surface area contributed by atoms with E-state index in [1.54, 1.807) is 7.11 Å². The highest BCUT2D eigenvalue weighted by molar-refractivity contribution is 4.67. The maximum Gasteiger partial charge on any atom is 0.0615 e. The van der Waals surface area contributed by atoms with Gasteiger partial charge in [-0.1, -0.05) is 13.8 Å². The molecule has 15 heavy (non-hydrogen) atoms. The summed E-state index contributed by atoms with van der Waals surface area (Å²) >= 11 is 0. The molecule has 0 amide bonds. The van der Waals surface area contributed by atoms with E-state index in [-0.39, 0.29) is 12.6 Å². The Kier molecular flexibility index (Phi) is 10.3. The second kappa shape index (κ2) is 10.4. The Morgan fingerprint density at radius 1 is 1.07 bits per heavy atom. The highest BCUT2D eigenvalue weighted by atomic mass is 16.5. The summed E-state index contributed by atoms with van der Waals surface area (Å²) in [5.74, 6) is 0. The minimum atomic E-state index is 0.214. The summed E-state index contributed by atoms with van der Waals surface area (Å²) in [6.07, 6.45) is 2.04. The molecule has 0 aliphatic carbocycles. The van der Waals surface area contributed by atoms with Crippen LogP contribution in [-0.4, -0.2) is 50.6 Å². The fourth-order valence-electron chi connectivity index (χ4n) is 1.41. The lowest BCUT2D eigenvalue weighted by Gasteiger charge is -2.18. The van der Waals surface area contributed by atoms with Gasteiger partial charge in [-0.05, 0) is 12.8 Å². The molecule has 2 atom stereocenters. The van der Waals surface area contributed by atoms with Gasteiger partial charge in [0.15, 0.2) is 0 Å². The average molecular weight is 218 g/mol. The standard InChI is InChI=1S/C11H26N2O2/c1-4-10(8-14)12-6-7-13-11(5-2)9-15-3/h10-14H,4-9H2,1-3H3. The molecule has 0 aliphatic heterocycles. The molecule has 4 heteroatoms. The molecule has 0 radical (unpaired) electrons. The third-order valence-electron chi connectivity index (χ3n) is 2.56. The van der Waals surface area contributed by atoms with Crippen molar-refractivity contribution in [2.24, 2.45) is 0 Å². The number of ether oxygens (including phenoxy) is 1. The molecule has 0 spiro atoms. The molecule has 2 unspecified atom stereocenters. The molecule has 0 rings (SSSR count). The predicted octanol–water partition coefficient (Wildman–Crippen LogP) is 0.362. The largest absolute Gasteiger partial charge is 0.395 e. The van der Waals surface area contributed by atoms with Gasteiger partial charge in [-0.2, -0.15) is 0 Å². The van der Waals surface area contributed by atoms with Gasteiger partial charge in [-0.3, -0.25) is 0 Å². The Labute approximate surface area is 93.4 Å². The van der Waals surface area contributed by atoms with E-state index >= 15 is 0 Å². The highest BCUT2D eigenvalue weighted by Gasteiger charge is 2.05. The second-order valence-electron chi connectivity index (χ2n) is 3.76. The van der Waals surface area contributed by atoms with E-state index in [2.05, 4.69) is 24.5 Å². The molecule has 0 bridgehead atoms. The van der Waals surface area contributed by atoms with Crippen LogP contribution in [0.3, 0.4) is 0 Å². The first kappa shape index (κ1) is 14.8. The van der Waals surface area contributed by atoms with E-state index in [0.717, 1.165) is 32.5 Å². The molecule has 92 valence electrons. The maximum atomic E-state index is 8.96. The van der Waals surface area contributed by atoms with Gasteiger partial charge in [0.2, 0.25) is 0 Å². The lowest BCUT2D eigenvalue weighted by Crippen LogP contribution is -2.41. The van der Waals surface area contributed by atoms with Crippen molar-refractivity contribution in [2.75, 3.05) is 33.4 Å². The normalized spacial score (nSPS) is 15.2. The Bertz CT molecular complexity index is 130. The maximum absolute atomic E-state index is 8.96. The summed E-state index contributed by atoms with van der Waals surface area (Å²) < 4.78 is 5.09. The van der Waals surface area contributed by atoms with Crippen LogP contribution in [0.4, 0.5) is 0 Å². The average Bonchev–Trinajstić information content (AvgIpc) is 2.28. The molecule has 4 nitrogen and oxygen atoms in total. The number of aliphatic hydroxyl groups excluding tert-OH is 1. The molecule has 0 aromatic carbocycles.